The molecule has 2 N–H and O–H groups in total. The Morgan fingerprint density at radius 1 is 1.05 bits per heavy atom. The Morgan fingerprint density at radius 2 is 1.73 bits per heavy atom. The van der Waals surface area contributed by atoms with Crippen LogP contribution in [0.15, 0.2) is 30.6 Å². The molecule has 9 heteroatoms. The number of fused-ring (bicyclic) bond motifs is 1. The molecule has 1 aromatic carbocycles. The van der Waals surface area contributed by atoms with Gasteiger partial charge in [-0.1, -0.05) is 44.2 Å². The molecule has 0 unspecified atom stereocenters. The lowest BCUT2D eigenvalue weighted by Gasteiger charge is -2.44. The van der Waals surface area contributed by atoms with E-state index in [0.717, 1.165) is 49.8 Å². The van der Waals surface area contributed by atoms with E-state index >= 15 is 0 Å². The number of methoxy groups -OCH3 is 1. The van der Waals surface area contributed by atoms with Crippen LogP contribution in [-0.2, 0) is 17.9 Å². The molecular weight excluding hydrogens is 470 g/mol. The zero-order valence-electron chi connectivity index (χ0n) is 21.8. The van der Waals surface area contributed by atoms with Gasteiger partial charge in [0, 0.05) is 18.6 Å². The number of ether oxygens (including phenoxy) is 1. The van der Waals surface area contributed by atoms with E-state index < -0.39 is 5.54 Å². The summed E-state index contributed by atoms with van der Waals surface area (Å²) < 4.78 is 6.88. The average Bonchev–Trinajstić information content (AvgIpc) is 3.61. The molecule has 2 aliphatic carbocycles. The first kappa shape index (κ1) is 25.3. The van der Waals surface area contributed by atoms with Crippen molar-refractivity contribution in [3.8, 4) is 5.75 Å². The van der Waals surface area contributed by atoms with Gasteiger partial charge in [-0.05, 0) is 50.3 Å². The summed E-state index contributed by atoms with van der Waals surface area (Å²) in [6, 6.07) is 7.62. The van der Waals surface area contributed by atoms with Crippen molar-refractivity contribution in [2.24, 2.45) is 0 Å². The summed E-state index contributed by atoms with van der Waals surface area (Å²) in [6.45, 7) is 2.41. The number of carbonyl (C=O) groups excluding carboxylic acids is 3. The van der Waals surface area contributed by atoms with Crippen LogP contribution < -0.4 is 15.4 Å². The smallest absolute Gasteiger partial charge is 0.274 e. The highest BCUT2D eigenvalue weighted by atomic mass is 16.5. The molecule has 1 aliphatic heterocycles. The number of carbonyl (C=O) groups is 3. The summed E-state index contributed by atoms with van der Waals surface area (Å²) in [4.78, 5) is 46.7. The molecule has 2 saturated carbocycles. The summed E-state index contributed by atoms with van der Waals surface area (Å²) in [7, 11) is 1.61. The van der Waals surface area contributed by atoms with E-state index in [1.165, 1.54) is 25.6 Å². The second kappa shape index (κ2) is 10.6. The molecule has 198 valence electrons. The Balaban J connectivity index is 1.33. The summed E-state index contributed by atoms with van der Waals surface area (Å²) in [5.74, 6) is -0.0579. The lowest BCUT2D eigenvalue weighted by Crippen LogP contribution is -2.64. The fourth-order valence-corrected chi connectivity index (χ4v) is 5.69. The maximum absolute atomic E-state index is 13.8. The number of nitrogens with zero attached hydrogens (tertiary/aromatic N) is 3. The molecule has 0 spiro atoms. The number of hydrogen-bond donors (Lipinski definition) is 2. The summed E-state index contributed by atoms with van der Waals surface area (Å²) in [6.07, 6.45) is 11.0. The van der Waals surface area contributed by atoms with E-state index in [2.05, 4.69) is 15.6 Å². The molecule has 2 fully saturated rings. The van der Waals surface area contributed by atoms with Crippen LogP contribution in [0.4, 0.5) is 0 Å². The number of imidazole rings is 1. The third-order valence-corrected chi connectivity index (χ3v) is 7.94. The molecule has 1 atom stereocenters. The van der Waals surface area contributed by atoms with Gasteiger partial charge in [-0.3, -0.25) is 14.4 Å². The van der Waals surface area contributed by atoms with Crippen LogP contribution in [0.2, 0.25) is 0 Å². The van der Waals surface area contributed by atoms with Crippen LogP contribution in [-0.4, -0.2) is 56.9 Å². The molecule has 9 nitrogen and oxygen atoms in total. The van der Waals surface area contributed by atoms with Crippen molar-refractivity contribution < 1.29 is 19.1 Å². The van der Waals surface area contributed by atoms with Gasteiger partial charge in [0.1, 0.15) is 17.0 Å². The fourth-order valence-electron chi connectivity index (χ4n) is 5.69. The van der Waals surface area contributed by atoms with Crippen molar-refractivity contribution in [3.05, 3.63) is 47.5 Å². The fraction of sp³-hybridized carbons (Fsp3) is 0.571. The number of amides is 3. The van der Waals surface area contributed by atoms with Crippen LogP contribution in [0, 0.1) is 0 Å². The minimum absolute atomic E-state index is 0.00518. The number of rotatable bonds is 7. The van der Waals surface area contributed by atoms with Crippen LogP contribution in [0.3, 0.4) is 0 Å². The van der Waals surface area contributed by atoms with Crippen molar-refractivity contribution in [1.82, 2.24) is 25.1 Å². The minimum Gasteiger partial charge on any atom is -0.497 e. The Morgan fingerprint density at radius 3 is 2.38 bits per heavy atom. The maximum atomic E-state index is 13.8. The van der Waals surface area contributed by atoms with Gasteiger partial charge in [-0.25, -0.2) is 4.98 Å². The van der Waals surface area contributed by atoms with Crippen LogP contribution >= 0.6 is 0 Å². The quantitative estimate of drug-likeness (QED) is 0.597. The average molecular weight is 508 g/mol. The summed E-state index contributed by atoms with van der Waals surface area (Å²) in [5, 5.41) is 6.15. The zero-order chi connectivity index (χ0) is 26.0. The SMILES string of the molecule is COc1ccc(CNC(=O)[C@]2(C)Cn3cnc(C(=O)NC4CCCCCCC4)c3C(=O)N2C2CC2)cc1. The number of nitrogens with one attached hydrogen (secondary N) is 2. The lowest BCUT2D eigenvalue weighted by atomic mass is 9.93. The van der Waals surface area contributed by atoms with Crippen LogP contribution in [0.25, 0.3) is 0 Å². The molecule has 37 heavy (non-hydrogen) atoms. The highest BCUT2D eigenvalue weighted by molar-refractivity contribution is 6.07. The first-order valence-corrected chi connectivity index (χ1v) is 13.5. The van der Waals surface area contributed by atoms with Gasteiger partial charge in [0.2, 0.25) is 5.91 Å². The molecule has 3 aliphatic rings. The molecule has 2 aromatic rings. The van der Waals surface area contributed by atoms with Crippen molar-refractivity contribution >= 4 is 17.7 Å². The minimum atomic E-state index is -1.08. The molecule has 5 rings (SSSR count). The third-order valence-electron chi connectivity index (χ3n) is 7.94. The number of benzene rings is 1. The lowest BCUT2D eigenvalue weighted by molar-refractivity contribution is -0.133. The van der Waals surface area contributed by atoms with Crippen molar-refractivity contribution in [1.29, 1.82) is 0 Å². The number of aromatic nitrogens is 2. The largest absolute Gasteiger partial charge is 0.497 e. The second-order valence-corrected chi connectivity index (χ2v) is 10.8. The topological polar surface area (TPSA) is 106 Å². The Kier molecular flexibility index (Phi) is 7.22. The highest BCUT2D eigenvalue weighted by Gasteiger charge is 2.53. The normalized spacial score (nSPS) is 22.5. The van der Waals surface area contributed by atoms with E-state index in [1.807, 2.05) is 31.2 Å². The van der Waals surface area contributed by atoms with Gasteiger partial charge in [0.15, 0.2) is 5.69 Å². The van der Waals surface area contributed by atoms with Gasteiger partial charge in [-0.2, -0.15) is 0 Å². The summed E-state index contributed by atoms with van der Waals surface area (Å²) in [5.41, 5.74) is 0.314. The van der Waals surface area contributed by atoms with E-state index in [9.17, 15) is 14.4 Å². The Bertz CT molecular complexity index is 1150. The molecule has 0 radical (unpaired) electrons. The predicted molar refractivity (Wildman–Crippen MR) is 138 cm³/mol. The summed E-state index contributed by atoms with van der Waals surface area (Å²) >= 11 is 0. The van der Waals surface area contributed by atoms with Crippen molar-refractivity contribution in [3.63, 3.8) is 0 Å². The van der Waals surface area contributed by atoms with E-state index in [0.29, 0.717) is 6.54 Å². The zero-order valence-corrected chi connectivity index (χ0v) is 21.8. The Hall–Kier alpha value is -3.36. The van der Waals surface area contributed by atoms with Crippen molar-refractivity contribution in [2.75, 3.05) is 7.11 Å². The first-order valence-electron chi connectivity index (χ1n) is 13.5. The maximum Gasteiger partial charge on any atom is 0.274 e. The molecule has 2 heterocycles. The molecule has 0 saturated heterocycles. The van der Waals surface area contributed by atoms with Crippen LogP contribution in [0.1, 0.15) is 91.3 Å². The molecular formula is C28H37N5O4. The van der Waals surface area contributed by atoms with Gasteiger partial charge < -0.3 is 24.8 Å². The van der Waals surface area contributed by atoms with E-state index in [4.69, 9.17) is 4.74 Å². The van der Waals surface area contributed by atoms with E-state index in [-0.39, 0.29) is 47.7 Å². The predicted octanol–water partition coefficient (Wildman–Crippen LogP) is 3.43. The number of hydrogen-bond acceptors (Lipinski definition) is 5. The standard InChI is InChI=1S/C28H37N5O4/c1-28(27(36)29-16-19-10-14-22(37-2)15-11-19)17-32-18-30-23(24(32)26(35)33(28)21-12-13-21)25(34)31-20-8-6-4-3-5-7-9-20/h10-11,14-15,18,20-21H,3-9,12-13,16-17H2,1-2H3,(H,29,36)(H,31,34)/t28-/m0/s1. The van der Waals surface area contributed by atoms with Crippen LogP contribution in [0.5, 0.6) is 5.75 Å². The molecule has 3 amide bonds. The monoisotopic (exact) mass is 507 g/mol. The Labute approximate surface area is 218 Å². The molecule has 0 bridgehead atoms. The van der Waals surface area contributed by atoms with Crippen molar-refractivity contribution in [2.45, 2.75) is 95.4 Å². The van der Waals surface area contributed by atoms with E-state index in [1.54, 1.807) is 16.6 Å². The highest BCUT2D eigenvalue weighted by Crippen LogP contribution is 2.39. The third kappa shape index (κ3) is 5.22. The molecule has 1 aromatic heterocycles. The van der Waals surface area contributed by atoms with Gasteiger partial charge in [0.25, 0.3) is 11.8 Å². The van der Waals surface area contributed by atoms with Gasteiger partial charge >= 0.3 is 0 Å². The van der Waals surface area contributed by atoms with Gasteiger partial charge in [0.05, 0.1) is 20.0 Å². The van der Waals surface area contributed by atoms with Gasteiger partial charge in [-0.15, -0.1) is 0 Å². The second-order valence-electron chi connectivity index (χ2n) is 10.8. The first-order chi connectivity index (χ1) is 17.9.